The Morgan fingerprint density at radius 3 is 2.21 bits per heavy atom. The highest BCUT2D eigenvalue weighted by Gasteiger charge is 2.39. The van der Waals surface area contributed by atoms with Crippen LogP contribution in [0.3, 0.4) is 0 Å². The smallest absolute Gasteiger partial charge is 0.297 e. The van der Waals surface area contributed by atoms with Crippen LogP contribution in [0.5, 0.6) is 11.5 Å². The normalized spacial score (nSPS) is 12.3. The number of phenols is 2. The number of phenolic OH excluding ortho intramolecular Hbond substituents is 2. The summed E-state index contributed by atoms with van der Waals surface area (Å²) < 4.78 is 0. The average molecular weight is 376 g/mol. The van der Waals surface area contributed by atoms with Gasteiger partial charge in [0.1, 0.15) is 17.2 Å². The van der Waals surface area contributed by atoms with E-state index in [9.17, 15) is 29.9 Å². The number of hydrogen-bond donors (Lipinski definition) is 3. The zero-order valence-electron chi connectivity index (χ0n) is 14.2. The Morgan fingerprint density at radius 1 is 0.821 bits per heavy atom. The highest BCUT2D eigenvalue weighted by atomic mass is 16.6. The fourth-order valence-corrected chi connectivity index (χ4v) is 3.28. The van der Waals surface area contributed by atoms with E-state index in [-0.39, 0.29) is 27.9 Å². The fourth-order valence-electron chi connectivity index (χ4n) is 3.28. The summed E-state index contributed by atoms with van der Waals surface area (Å²) in [6.45, 7) is 0. The third kappa shape index (κ3) is 2.47. The van der Waals surface area contributed by atoms with Gasteiger partial charge in [-0.05, 0) is 18.2 Å². The lowest BCUT2D eigenvalue weighted by Crippen LogP contribution is -2.23. The van der Waals surface area contributed by atoms with E-state index in [2.05, 4.69) is 5.32 Å². The molecule has 0 bridgehead atoms. The van der Waals surface area contributed by atoms with Gasteiger partial charge in [0, 0.05) is 11.3 Å². The Balaban J connectivity index is 2.04. The van der Waals surface area contributed by atoms with E-state index in [4.69, 9.17) is 0 Å². The van der Waals surface area contributed by atoms with Crippen LogP contribution in [0.15, 0.2) is 54.6 Å². The monoisotopic (exact) mass is 376 g/mol. The van der Waals surface area contributed by atoms with E-state index in [1.54, 1.807) is 30.3 Å². The van der Waals surface area contributed by atoms with Crippen molar-refractivity contribution in [1.29, 1.82) is 0 Å². The van der Waals surface area contributed by atoms with Crippen molar-refractivity contribution < 1.29 is 24.7 Å². The minimum Gasteiger partial charge on any atom is -0.507 e. The quantitative estimate of drug-likeness (QED) is 0.283. The molecule has 0 saturated heterocycles. The second-order valence-corrected chi connectivity index (χ2v) is 6.15. The lowest BCUT2D eigenvalue weighted by molar-refractivity contribution is -0.384. The molecule has 3 aromatic rings. The first-order chi connectivity index (χ1) is 13.4. The molecule has 0 aliphatic heterocycles. The number of benzene rings is 3. The maximum Gasteiger partial charge on any atom is 0.297 e. The Morgan fingerprint density at radius 2 is 1.54 bits per heavy atom. The minimum absolute atomic E-state index is 0.0893. The Bertz CT molecular complexity index is 1170. The highest BCUT2D eigenvalue weighted by Crippen LogP contribution is 2.44. The molecule has 0 unspecified atom stereocenters. The first-order valence-electron chi connectivity index (χ1n) is 8.18. The second-order valence-electron chi connectivity index (χ2n) is 6.15. The van der Waals surface area contributed by atoms with Gasteiger partial charge >= 0.3 is 0 Å². The number of anilines is 2. The molecule has 138 valence electrons. The first kappa shape index (κ1) is 17.2. The molecule has 28 heavy (non-hydrogen) atoms. The average Bonchev–Trinajstić information content (AvgIpc) is 2.67. The topological polar surface area (TPSA) is 130 Å². The van der Waals surface area contributed by atoms with Crippen LogP contribution in [0.2, 0.25) is 0 Å². The molecule has 0 atom stereocenters. The number of nitro groups is 1. The van der Waals surface area contributed by atoms with Gasteiger partial charge in [-0.15, -0.1) is 0 Å². The number of para-hydroxylation sites is 1. The van der Waals surface area contributed by atoms with Gasteiger partial charge in [-0.25, -0.2) is 0 Å². The summed E-state index contributed by atoms with van der Waals surface area (Å²) in [5.41, 5.74) is -1.31. The SMILES string of the molecule is O=C1c2c(O)cccc2C(=O)c2c(Nc3ccccc3)c([N+](=O)[O-])cc(O)c21. The molecule has 3 N–H and O–H groups in total. The molecule has 4 rings (SSSR count). The van der Waals surface area contributed by atoms with Gasteiger partial charge in [-0.3, -0.25) is 19.7 Å². The molecular weight excluding hydrogens is 364 g/mol. The van der Waals surface area contributed by atoms with Crippen molar-refractivity contribution in [3.05, 3.63) is 87.0 Å². The first-order valence-corrected chi connectivity index (χ1v) is 8.18. The molecule has 3 aromatic carbocycles. The van der Waals surface area contributed by atoms with Crippen LogP contribution in [0.4, 0.5) is 17.1 Å². The van der Waals surface area contributed by atoms with Crippen molar-refractivity contribution in [2.24, 2.45) is 0 Å². The number of fused-ring (bicyclic) bond motifs is 2. The van der Waals surface area contributed by atoms with Crippen LogP contribution in [0.1, 0.15) is 31.8 Å². The number of rotatable bonds is 3. The number of aromatic hydroxyl groups is 2. The largest absolute Gasteiger partial charge is 0.507 e. The minimum atomic E-state index is -0.786. The molecule has 0 fully saturated rings. The van der Waals surface area contributed by atoms with Crippen molar-refractivity contribution in [2.45, 2.75) is 0 Å². The molecule has 1 aliphatic carbocycles. The number of hydrogen-bond acceptors (Lipinski definition) is 7. The Labute approximate surface area is 157 Å². The number of nitro benzene ring substituents is 1. The van der Waals surface area contributed by atoms with Crippen molar-refractivity contribution >= 4 is 28.6 Å². The summed E-state index contributed by atoms with van der Waals surface area (Å²) in [6, 6.07) is 13.2. The molecule has 0 spiro atoms. The highest BCUT2D eigenvalue weighted by molar-refractivity contribution is 6.32. The lowest BCUT2D eigenvalue weighted by Gasteiger charge is -2.22. The molecule has 0 heterocycles. The molecule has 0 radical (unpaired) electrons. The van der Waals surface area contributed by atoms with Gasteiger partial charge in [0.2, 0.25) is 5.78 Å². The van der Waals surface area contributed by atoms with Gasteiger partial charge in [0.15, 0.2) is 5.78 Å². The zero-order valence-corrected chi connectivity index (χ0v) is 14.2. The lowest BCUT2D eigenvalue weighted by atomic mass is 9.81. The van der Waals surface area contributed by atoms with E-state index < -0.39 is 33.7 Å². The summed E-state index contributed by atoms with van der Waals surface area (Å²) in [5.74, 6) is -2.60. The summed E-state index contributed by atoms with van der Waals surface area (Å²) in [7, 11) is 0. The van der Waals surface area contributed by atoms with Crippen LogP contribution >= 0.6 is 0 Å². The van der Waals surface area contributed by atoms with Crippen molar-refractivity contribution in [3.8, 4) is 11.5 Å². The van der Waals surface area contributed by atoms with E-state index in [0.717, 1.165) is 6.07 Å². The predicted octanol–water partition coefficient (Wildman–Crippen LogP) is 3.53. The van der Waals surface area contributed by atoms with Crippen molar-refractivity contribution in [3.63, 3.8) is 0 Å². The van der Waals surface area contributed by atoms with Crippen LogP contribution in [-0.4, -0.2) is 26.7 Å². The summed E-state index contributed by atoms with van der Waals surface area (Å²) in [5, 5.41) is 34.7. The zero-order chi connectivity index (χ0) is 20.0. The van der Waals surface area contributed by atoms with Crippen LogP contribution in [0.25, 0.3) is 0 Å². The summed E-state index contributed by atoms with van der Waals surface area (Å²) in [4.78, 5) is 36.8. The third-order valence-electron chi connectivity index (χ3n) is 4.49. The van der Waals surface area contributed by atoms with Gasteiger partial charge in [0.05, 0.1) is 27.7 Å². The Hall–Kier alpha value is -4.20. The molecule has 0 aromatic heterocycles. The van der Waals surface area contributed by atoms with E-state index in [1.165, 1.54) is 18.2 Å². The molecule has 8 nitrogen and oxygen atoms in total. The molecular formula is C20H12N2O6. The van der Waals surface area contributed by atoms with Crippen LogP contribution < -0.4 is 5.32 Å². The second kappa shape index (κ2) is 6.20. The molecule has 8 heteroatoms. The number of carbonyl (C=O) groups is 2. The van der Waals surface area contributed by atoms with Crippen molar-refractivity contribution in [2.75, 3.05) is 5.32 Å². The standard InChI is InChI=1S/C20H12N2O6/c23-13-8-4-7-11-15(13)20(26)16-14(24)9-12(22(27)28)18(17(16)19(11)25)21-10-5-2-1-3-6-10/h1-9,21,23-24H. The maximum absolute atomic E-state index is 13.1. The maximum atomic E-state index is 13.1. The molecule has 0 amide bonds. The third-order valence-corrected chi connectivity index (χ3v) is 4.49. The fraction of sp³-hybridized carbons (Fsp3) is 0. The van der Waals surface area contributed by atoms with Crippen molar-refractivity contribution in [1.82, 2.24) is 0 Å². The predicted molar refractivity (Wildman–Crippen MR) is 99.5 cm³/mol. The number of nitrogens with one attached hydrogen (secondary N) is 1. The van der Waals surface area contributed by atoms with E-state index >= 15 is 0 Å². The number of nitrogens with zero attached hydrogens (tertiary/aromatic N) is 1. The summed E-state index contributed by atoms with van der Waals surface area (Å²) >= 11 is 0. The Kier molecular flexibility index (Phi) is 3.82. The van der Waals surface area contributed by atoms with E-state index in [1.807, 2.05) is 0 Å². The molecule has 0 saturated carbocycles. The summed E-state index contributed by atoms with van der Waals surface area (Å²) in [6.07, 6.45) is 0. The van der Waals surface area contributed by atoms with Gasteiger partial charge in [-0.2, -0.15) is 0 Å². The van der Waals surface area contributed by atoms with Crippen LogP contribution in [-0.2, 0) is 0 Å². The number of ketones is 2. The van der Waals surface area contributed by atoms with Gasteiger partial charge < -0.3 is 15.5 Å². The van der Waals surface area contributed by atoms with Crippen LogP contribution in [0, 0.1) is 10.1 Å². The molecule has 1 aliphatic rings. The van der Waals surface area contributed by atoms with Gasteiger partial charge in [-0.1, -0.05) is 30.3 Å². The number of carbonyl (C=O) groups excluding carboxylic acids is 2. The van der Waals surface area contributed by atoms with Gasteiger partial charge in [0.25, 0.3) is 5.69 Å². The van der Waals surface area contributed by atoms with E-state index in [0.29, 0.717) is 5.69 Å².